The molecule has 7 heteroatoms. The Bertz CT molecular complexity index is 1390. The summed E-state index contributed by atoms with van der Waals surface area (Å²) in [6, 6.07) is 9.87. The minimum absolute atomic E-state index is 0.150. The molecule has 2 heterocycles. The largest absolute Gasteiger partial charge is 0.464 e. The molecule has 1 fully saturated rings. The summed E-state index contributed by atoms with van der Waals surface area (Å²) in [5.74, 6) is 0.428. The molecule has 2 aromatic rings. The van der Waals surface area contributed by atoms with Crippen molar-refractivity contribution in [1.82, 2.24) is 15.5 Å². The van der Waals surface area contributed by atoms with Gasteiger partial charge in [0.2, 0.25) is 11.6 Å². The van der Waals surface area contributed by atoms with Crippen LogP contribution in [0.15, 0.2) is 71.3 Å². The van der Waals surface area contributed by atoms with E-state index >= 15 is 0 Å². The lowest BCUT2D eigenvalue weighted by Crippen LogP contribution is -2.58. The van der Waals surface area contributed by atoms with Crippen LogP contribution in [0.4, 0.5) is 5.69 Å². The van der Waals surface area contributed by atoms with E-state index in [4.69, 9.17) is 9.73 Å². The van der Waals surface area contributed by atoms with Gasteiger partial charge in [0.05, 0.1) is 6.21 Å². The van der Waals surface area contributed by atoms with Crippen molar-refractivity contribution in [2.75, 3.05) is 20.1 Å². The zero-order valence-electron chi connectivity index (χ0n) is 21.9. The molecule has 5 rings (SSSR count). The average molecular weight is 499 g/mol. The standard InChI is InChI=1S/C30H34N4O3/c1-19(2)27(35)31-15-8-16-32-28(36)21-11-13-22-20(17-21)12-14-25-26(22)33-18-30(37-25)29(3,4)23-9-6-7-10-24(23)34(30)5/h6-7,9,11-14,17-18,24H,1,8,10,15-16H2,2-5H3,(H,31,35)(H,32,36). The lowest BCUT2D eigenvalue weighted by atomic mass is 9.75. The van der Waals surface area contributed by atoms with Crippen LogP contribution in [-0.2, 0) is 4.79 Å². The quantitative estimate of drug-likeness (QED) is 0.448. The van der Waals surface area contributed by atoms with E-state index in [1.54, 1.807) is 6.92 Å². The molecule has 7 nitrogen and oxygen atoms in total. The second-order valence-electron chi connectivity index (χ2n) is 10.6. The number of hydrogen-bond donors (Lipinski definition) is 2. The summed E-state index contributed by atoms with van der Waals surface area (Å²) in [7, 11) is 2.11. The van der Waals surface area contributed by atoms with Crippen LogP contribution >= 0.6 is 0 Å². The van der Waals surface area contributed by atoms with E-state index in [0.29, 0.717) is 30.6 Å². The number of benzene rings is 2. The number of rotatable bonds is 6. The van der Waals surface area contributed by atoms with Gasteiger partial charge in [-0.05, 0) is 56.0 Å². The van der Waals surface area contributed by atoms with Crippen LogP contribution in [0.2, 0.25) is 0 Å². The zero-order valence-corrected chi connectivity index (χ0v) is 21.9. The Morgan fingerprint density at radius 3 is 2.73 bits per heavy atom. The molecule has 2 aromatic carbocycles. The molecule has 1 saturated heterocycles. The maximum absolute atomic E-state index is 12.7. The van der Waals surface area contributed by atoms with Crippen LogP contribution in [0.25, 0.3) is 10.8 Å². The molecule has 2 amide bonds. The Morgan fingerprint density at radius 2 is 1.97 bits per heavy atom. The summed E-state index contributed by atoms with van der Waals surface area (Å²) >= 11 is 0. The van der Waals surface area contributed by atoms with Crippen LogP contribution in [0, 0.1) is 5.41 Å². The Morgan fingerprint density at radius 1 is 1.19 bits per heavy atom. The number of nitrogens with one attached hydrogen (secondary N) is 2. The van der Waals surface area contributed by atoms with Gasteiger partial charge >= 0.3 is 0 Å². The lowest BCUT2D eigenvalue weighted by Gasteiger charge is -2.44. The number of aliphatic imine (C=N–C) groups is 1. The molecule has 2 atom stereocenters. The van der Waals surface area contributed by atoms with Crippen molar-refractivity contribution in [3.05, 3.63) is 71.8 Å². The van der Waals surface area contributed by atoms with Crippen molar-refractivity contribution in [1.29, 1.82) is 0 Å². The highest BCUT2D eigenvalue weighted by Crippen LogP contribution is 2.55. The summed E-state index contributed by atoms with van der Waals surface area (Å²) in [5.41, 5.74) is 2.29. The summed E-state index contributed by atoms with van der Waals surface area (Å²) in [6.45, 7) is 10.7. The van der Waals surface area contributed by atoms with Crippen LogP contribution in [0.3, 0.4) is 0 Å². The highest BCUT2D eigenvalue weighted by atomic mass is 16.5. The molecule has 0 saturated carbocycles. The van der Waals surface area contributed by atoms with Crippen molar-refractivity contribution in [3.63, 3.8) is 0 Å². The molecule has 2 aliphatic heterocycles. The number of carbonyl (C=O) groups excluding carboxylic acids is 2. The molecule has 1 spiro atoms. The molecule has 0 radical (unpaired) electrons. The minimum Gasteiger partial charge on any atom is -0.464 e. The van der Waals surface area contributed by atoms with E-state index in [9.17, 15) is 9.59 Å². The maximum atomic E-state index is 12.7. The van der Waals surface area contributed by atoms with E-state index in [1.165, 1.54) is 5.57 Å². The van der Waals surface area contributed by atoms with Gasteiger partial charge in [0.15, 0.2) is 0 Å². The molecule has 3 aliphatic rings. The Balaban J connectivity index is 1.32. The zero-order chi connectivity index (χ0) is 26.4. The lowest BCUT2D eigenvalue weighted by molar-refractivity contribution is -0.117. The predicted molar refractivity (Wildman–Crippen MR) is 147 cm³/mol. The van der Waals surface area contributed by atoms with Crippen LogP contribution in [0.1, 0.15) is 44.0 Å². The number of carbonyl (C=O) groups is 2. The number of allylic oxidation sites excluding steroid dienone is 2. The van der Waals surface area contributed by atoms with E-state index < -0.39 is 5.72 Å². The van der Waals surface area contributed by atoms with Gasteiger partial charge < -0.3 is 15.4 Å². The van der Waals surface area contributed by atoms with Gasteiger partial charge in [0.25, 0.3) is 5.91 Å². The maximum Gasteiger partial charge on any atom is 0.251 e. The van der Waals surface area contributed by atoms with E-state index in [1.807, 2.05) is 36.5 Å². The number of nitrogens with zero attached hydrogens (tertiary/aromatic N) is 2. The molecular formula is C30H34N4O3. The van der Waals surface area contributed by atoms with Gasteiger partial charge in [0, 0.05) is 41.1 Å². The average Bonchev–Trinajstić information content (AvgIpc) is 3.05. The van der Waals surface area contributed by atoms with Gasteiger partial charge in [-0.2, -0.15) is 0 Å². The third-order valence-electron chi connectivity index (χ3n) is 7.90. The van der Waals surface area contributed by atoms with Crippen molar-refractivity contribution in [3.8, 4) is 5.75 Å². The number of hydrogen-bond acceptors (Lipinski definition) is 5. The van der Waals surface area contributed by atoms with E-state index in [0.717, 1.165) is 28.6 Å². The highest BCUT2D eigenvalue weighted by Gasteiger charge is 2.62. The fourth-order valence-electron chi connectivity index (χ4n) is 5.68. The predicted octanol–water partition coefficient (Wildman–Crippen LogP) is 4.67. The smallest absolute Gasteiger partial charge is 0.251 e. The first-order chi connectivity index (χ1) is 17.7. The fraction of sp³-hybridized carbons (Fsp3) is 0.367. The molecule has 0 aromatic heterocycles. The second kappa shape index (κ2) is 9.30. The highest BCUT2D eigenvalue weighted by molar-refractivity contribution is 6.03. The Hall–Kier alpha value is -3.71. The molecule has 2 unspecified atom stereocenters. The number of ether oxygens (including phenoxy) is 1. The minimum atomic E-state index is -0.667. The van der Waals surface area contributed by atoms with E-state index in [2.05, 4.69) is 61.2 Å². The fourth-order valence-corrected chi connectivity index (χ4v) is 5.68. The van der Waals surface area contributed by atoms with Crippen molar-refractivity contribution in [2.24, 2.45) is 10.4 Å². The van der Waals surface area contributed by atoms with Crippen LogP contribution in [-0.4, -0.2) is 54.8 Å². The monoisotopic (exact) mass is 498 g/mol. The van der Waals surface area contributed by atoms with Gasteiger partial charge in [0.1, 0.15) is 11.4 Å². The number of amides is 2. The normalized spacial score (nSPS) is 23.2. The third kappa shape index (κ3) is 4.07. The van der Waals surface area contributed by atoms with Gasteiger partial charge in [-0.25, -0.2) is 0 Å². The molecule has 192 valence electrons. The first kappa shape index (κ1) is 25.0. The SMILES string of the molecule is C=C(C)C(=O)NCCCNC(=O)c1ccc2c3c(ccc2c1)OC1(C=N3)N(C)C2CC=CC=C2C1(C)C. The van der Waals surface area contributed by atoms with Gasteiger partial charge in [-0.1, -0.05) is 50.8 Å². The van der Waals surface area contributed by atoms with Gasteiger partial charge in [-0.15, -0.1) is 0 Å². The summed E-state index contributed by atoms with van der Waals surface area (Å²) in [6.07, 6.45) is 10.1. The number of likely N-dealkylation sites (tertiary alicyclic amines) is 1. The first-order valence-electron chi connectivity index (χ1n) is 12.8. The summed E-state index contributed by atoms with van der Waals surface area (Å²) < 4.78 is 6.79. The molecule has 1 aliphatic carbocycles. The summed E-state index contributed by atoms with van der Waals surface area (Å²) in [5, 5.41) is 7.55. The Kier molecular flexibility index (Phi) is 6.28. The van der Waals surface area contributed by atoms with Crippen molar-refractivity contribution >= 4 is 34.5 Å². The van der Waals surface area contributed by atoms with E-state index in [-0.39, 0.29) is 23.3 Å². The Labute approximate surface area is 218 Å². The molecule has 2 N–H and O–H groups in total. The second-order valence-corrected chi connectivity index (χ2v) is 10.6. The topological polar surface area (TPSA) is 83.0 Å². The van der Waals surface area contributed by atoms with Crippen molar-refractivity contribution in [2.45, 2.75) is 45.4 Å². The van der Waals surface area contributed by atoms with Crippen molar-refractivity contribution < 1.29 is 14.3 Å². The molecule has 37 heavy (non-hydrogen) atoms. The molecule has 0 bridgehead atoms. The molecular weight excluding hydrogens is 464 g/mol. The van der Waals surface area contributed by atoms with Crippen LogP contribution < -0.4 is 15.4 Å². The first-order valence-corrected chi connectivity index (χ1v) is 12.8. The summed E-state index contributed by atoms with van der Waals surface area (Å²) in [4.78, 5) is 31.5. The number of fused-ring (bicyclic) bond motifs is 4. The number of likely N-dealkylation sites (N-methyl/N-ethyl adjacent to an activating group) is 1. The third-order valence-corrected chi connectivity index (χ3v) is 7.90. The van der Waals surface area contributed by atoms with Gasteiger partial charge in [-0.3, -0.25) is 19.5 Å². The van der Waals surface area contributed by atoms with Crippen LogP contribution in [0.5, 0.6) is 5.75 Å².